The van der Waals surface area contributed by atoms with Crippen LogP contribution in [0.3, 0.4) is 0 Å². The second-order valence-electron chi connectivity index (χ2n) is 5.87. The number of nitrogens with one attached hydrogen (secondary N) is 1. The largest absolute Gasteiger partial charge is 0.477 e. The van der Waals surface area contributed by atoms with Crippen molar-refractivity contribution in [3.63, 3.8) is 0 Å². The summed E-state index contributed by atoms with van der Waals surface area (Å²) in [6, 6.07) is 5.42. The van der Waals surface area contributed by atoms with Gasteiger partial charge in [-0.25, -0.2) is 4.98 Å². The number of fused-ring (bicyclic) bond motifs is 1. The molecule has 7 heteroatoms. The van der Waals surface area contributed by atoms with Gasteiger partial charge in [-0.2, -0.15) is 10.1 Å². The number of nitrogens with zero attached hydrogens (tertiary/aromatic N) is 4. The number of hydrogen-bond acceptors (Lipinski definition) is 6. The second kappa shape index (κ2) is 8.94. The lowest BCUT2D eigenvalue weighted by Gasteiger charge is -2.10. The minimum atomic E-state index is 0.470. The molecule has 3 N–H and O–H groups in total. The molecule has 0 aliphatic carbocycles. The molecule has 0 aliphatic heterocycles. The number of hydrogen-bond donors (Lipinski definition) is 2. The van der Waals surface area contributed by atoms with Crippen molar-refractivity contribution in [3.8, 4) is 17.3 Å². The van der Waals surface area contributed by atoms with Crippen LogP contribution in [0.2, 0.25) is 0 Å². The van der Waals surface area contributed by atoms with Gasteiger partial charge in [-0.05, 0) is 12.5 Å². The summed E-state index contributed by atoms with van der Waals surface area (Å²) >= 11 is 0. The van der Waals surface area contributed by atoms with Crippen LogP contribution in [0, 0.1) is 5.41 Å². The number of nitrogen functional groups attached to an aromatic ring is 1. The molecule has 2 heterocycles. The third kappa shape index (κ3) is 3.99. The lowest BCUT2D eigenvalue weighted by Crippen LogP contribution is -2.04. The summed E-state index contributed by atoms with van der Waals surface area (Å²) in [5.41, 5.74) is 8.44. The molecule has 0 amide bonds. The average molecular weight is 354 g/mol. The van der Waals surface area contributed by atoms with Gasteiger partial charge in [0.15, 0.2) is 11.5 Å². The lowest BCUT2D eigenvalue weighted by atomic mass is 10.1. The van der Waals surface area contributed by atoms with Gasteiger partial charge < -0.3 is 15.9 Å². The van der Waals surface area contributed by atoms with Gasteiger partial charge in [0.2, 0.25) is 5.88 Å². The predicted octanol–water partition coefficient (Wildman–Crippen LogP) is 3.82. The third-order valence-electron chi connectivity index (χ3n) is 3.53. The zero-order valence-electron chi connectivity index (χ0n) is 15.8. The van der Waals surface area contributed by atoms with E-state index in [0.717, 1.165) is 11.8 Å². The summed E-state index contributed by atoms with van der Waals surface area (Å²) in [6.45, 7) is 6.85. The van der Waals surface area contributed by atoms with E-state index in [1.807, 2.05) is 26.1 Å². The van der Waals surface area contributed by atoms with Crippen molar-refractivity contribution >= 4 is 22.9 Å². The molecule has 26 heavy (non-hydrogen) atoms. The number of rotatable bonds is 5. The molecule has 0 unspecified atom stereocenters. The molecule has 0 bridgehead atoms. The maximum Gasteiger partial charge on any atom is 0.228 e. The summed E-state index contributed by atoms with van der Waals surface area (Å²) in [6.07, 6.45) is 5.04. The first-order valence-electron chi connectivity index (χ1n) is 8.79. The summed E-state index contributed by atoms with van der Waals surface area (Å²) in [5.74, 6) is 0.969. The molecule has 138 valence electrons. The van der Waals surface area contributed by atoms with E-state index in [1.54, 1.807) is 16.9 Å². The summed E-state index contributed by atoms with van der Waals surface area (Å²) in [5, 5.41) is 12.6. The minimum absolute atomic E-state index is 0.470. The van der Waals surface area contributed by atoms with Crippen LogP contribution in [-0.2, 0) is 7.05 Å². The molecule has 0 saturated carbocycles. The van der Waals surface area contributed by atoms with E-state index >= 15 is 0 Å². The van der Waals surface area contributed by atoms with E-state index in [4.69, 9.17) is 15.9 Å². The second-order valence-corrected chi connectivity index (χ2v) is 5.87. The Morgan fingerprint density at radius 1 is 1.23 bits per heavy atom. The molecule has 0 aliphatic rings. The first kappa shape index (κ1) is 19.4. The molecule has 7 nitrogen and oxygen atoms in total. The van der Waals surface area contributed by atoms with Crippen molar-refractivity contribution in [2.45, 2.75) is 33.6 Å². The molecule has 0 fully saturated rings. The first-order chi connectivity index (χ1) is 12.6. The van der Waals surface area contributed by atoms with Crippen molar-refractivity contribution in [2.75, 3.05) is 12.3 Å². The quantitative estimate of drug-likeness (QED) is 0.535. The Balaban J connectivity index is 0.000000758. The smallest absolute Gasteiger partial charge is 0.228 e. The Morgan fingerprint density at radius 2 is 1.96 bits per heavy atom. The number of benzene rings is 1. The van der Waals surface area contributed by atoms with Crippen LogP contribution in [0.5, 0.6) is 5.88 Å². The molecular weight excluding hydrogens is 328 g/mol. The van der Waals surface area contributed by atoms with Crippen molar-refractivity contribution in [1.29, 1.82) is 5.41 Å². The molecule has 0 saturated heterocycles. The molecule has 0 atom stereocenters. The first-order valence-corrected chi connectivity index (χ1v) is 8.79. The fraction of sp³-hybridized carbons (Fsp3) is 0.368. The number of ether oxygens (including phenoxy) is 1. The molecule has 1 aromatic carbocycles. The highest BCUT2D eigenvalue weighted by molar-refractivity contribution is 5.94. The molecule has 3 rings (SSSR count). The monoisotopic (exact) mass is 354 g/mol. The Hall–Kier alpha value is -2.96. The van der Waals surface area contributed by atoms with Gasteiger partial charge in [-0.15, -0.1) is 0 Å². The normalized spacial score (nSPS) is 10.3. The summed E-state index contributed by atoms with van der Waals surface area (Å²) in [4.78, 5) is 9.10. The number of aromatic nitrogens is 4. The molecule has 0 radical (unpaired) electrons. The third-order valence-corrected chi connectivity index (χ3v) is 3.53. The standard InChI is InChI=1S/C16H18N6O.C3H8/c1-3-7-23-16-12-9-19-22(2)15(12)20-14(21-16)10-5-4-6-13(18)11(10)8-17;1-3-2/h4-6,8-9,17H,3,7,18H2,1-2H3;3H2,1-2H3. The highest BCUT2D eigenvalue weighted by Gasteiger charge is 2.16. The maximum absolute atomic E-state index is 7.61. The van der Waals surface area contributed by atoms with E-state index in [1.165, 1.54) is 12.6 Å². The van der Waals surface area contributed by atoms with E-state index in [9.17, 15) is 0 Å². The Kier molecular flexibility index (Phi) is 6.66. The van der Waals surface area contributed by atoms with Gasteiger partial charge in [-0.3, -0.25) is 4.68 Å². The summed E-state index contributed by atoms with van der Waals surface area (Å²) in [7, 11) is 1.82. The van der Waals surface area contributed by atoms with Crippen LogP contribution in [0.25, 0.3) is 22.4 Å². The van der Waals surface area contributed by atoms with E-state index in [-0.39, 0.29) is 0 Å². The van der Waals surface area contributed by atoms with Crippen LogP contribution >= 0.6 is 0 Å². The van der Waals surface area contributed by atoms with Crippen LogP contribution in [0.1, 0.15) is 39.2 Å². The number of anilines is 1. The van der Waals surface area contributed by atoms with E-state index < -0.39 is 0 Å². The fourth-order valence-electron chi connectivity index (χ4n) is 2.36. The molecule has 2 aromatic heterocycles. The van der Waals surface area contributed by atoms with Gasteiger partial charge in [0.1, 0.15) is 5.39 Å². The Morgan fingerprint density at radius 3 is 2.62 bits per heavy atom. The lowest BCUT2D eigenvalue weighted by molar-refractivity contribution is 0.309. The van der Waals surface area contributed by atoms with Crippen molar-refractivity contribution in [1.82, 2.24) is 19.7 Å². The van der Waals surface area contributed by atoms with Crippen molar-refractivity contribution < 1.29 is 4.74 Å². The van der Waals surface area contributed by atoms with Gasteiger partial charge >= 0.3 is 0 Å². The minimum Gasteiger partial charge on any atom is -0.477 e. The zero-order chi connectivity index (χ0) is 19.1. The van der Waals surface area contributed by atoms with Gasteiger partial charge in [0.25, 0.3) is 0 Å². The van der Waals surface area contributed by atoms with Gasteiger partial charge in [0.05, 0.1) is 12.8 Å². The van der Waals surface area contributed by atoms with E-state index in [0.29, 0.717) is 40.8 Å². The highest BCUT2D eigenvalue weighted by Crippen LogP contribution is 2.29. The molecular formula is C19H26N6O. The Labute approximate surface area is 153 Å². The number of nitrogens with two attached hydrogens (primary N) is 1. The topological polar surface area (TPSA) is 103 Å². The summed E-state index contributed by atoms with van der Waals surface area (Å²) < 4.78 is 7.43. The average Bonchev–Trinajstić information content (AvgIpc) is 3.01. The van der Waals surface area contributed by atoms with Crippen molar-refractivity contribution in [3.05, 3.63) is 30.0 Å². The van der Waals surface area contributed by atoms with Crippen LogP contribution in [0.4, 0.5) is 5.69 Å². The zero-order valence-corrected chi connectivity index (χ0v) is 15.8. The van der Waals surface area contributed by atoms with Crippen molar-refractivity contribution in [2.24, 2.45) is 7.05 Å². The van der Waals surface area contributed by atoms with Gasteiger partial charge in [0, 0.05) is 30.1 Å². The van der Waals surface area contributed by atoms with Crippen LogP contribution < -0.4 is 10.5 Å². The van der Waals surface area contributed by atoms with Gasteiger partial charge in [-0.1, -0.05) is 39.3 Å². The SMILES string of the molecule is CCC.CCCOc1nc(-c2cccc(N)c2C=N)nc2c1cnn2C. The predicted molar refractivity (Wildman–Crippen MR) is 106 cm³/mol. The molecule has 0 spiro atoms. The number of aryl methyl sites for hydroxylation is 1. The fourth-order valence-corrected chi connectivity index (χ4v) is 2.36. The Bertz CT molecular complexity index is 887. The maximum atomic E-state index is 7.61. The van der Waals surface area contributed by atoms with E-state index in [2.05, 4.69) is 28.9 Å². The van der Waals surface area contributed by atoms with Crippen LogP contribution in [0.15, 0.2) is 24.4 Å². The van der Waals surface area contributed by atoms with Crippen LogP contribution in [-0.4, -0.2) is 32.6 Å². The molecule has 3 aromatic rings. The highest BCUT2D eigenvalue weighted by atomic mass is 16.5.